The maximum absolute atomic E-state index is 10.3. The molecule has 0 saturated heterocycles. The van der Waals surface area contributed by atoms with E-state index in [-0.39, 0.29) is 0 Å². The molecule has 0 aliphatic carbocycles. The van der Waals surface area contributed by atoms with E-state index in [9.17, 15) is 5.26 Å². The molecular weight excluding hydrogens is 1010 g/mol. The Morgan fingerprint density at radius 1 is 0.265 bits per heavy atom. The fourth-order valence-electron chi connectivity index (χ4n) is 12.7. The molecule has 0 spiro atoms. The van der Waals surface area contributed by atoms with Crippen LogP contribution >= 0.6 is 0 Å². The standard InChI is InChI=1S/C77H48N6/c78-49-55-23-7-8-24-59(55)54-39-44-75-67(45-54)64-29-13-18-34-74(64)83(75)76-65(50-35-40-57(41-36-50)81-70-30-14-9-25-60(70)61-26-10-15-31-71(61)81)46-56(69-48-68(52-19-3-1-4-20-52)79-77(80-69)53-21-5-2-6-22-53)47-66(76)51-37-42-58(43-38-51)82-72-32-16-11-27-62(72)63-28-12-17-33-73(63)82/h1-48H. The van der Waals surface area contributed by atoms with Gasteiger partial charge in [0.25, 0.3) is 0 Å². The molecule has 0 radical (unpaired) electrons. The average molecular weight is 1060 g/mol. The van der Waals surface area contributed by atoms with Crippen LogP contribution in [0.4, 0.5) is 0 Å². The predicted octanol–water partition coefficient (Wildman–Crippen LogP) is 19.6. The number of hydrogen-bond donors (Lipinski definition) is 0. The molecule has 0 aliphatic rings. The lowest BCUT2D eigenvalue weighted by Gasteiger charge is -2.22. The maximum atomic E-state index is 10.3. The number of para-hydroxylation sites is 5. The first-order chi connectivity index (χ1) is 41.1. The molecule has 16 rings (SSSR count). The lowest BCUT2D eigenvalue weighted by molar-refractivity contribution is 1.16. The van der Waals surface area contributed by atoms with Crippen LogP contribution in [0.2, 0.25) is 0 Å². The maximum Gasteiger partial charge on any atom is 0.160 e. The van der Waals surface area contributed by atoms with Crippen LogP contribution in [0.25, 0.3) is 150 Å². The van der Waals surface area contributed by atoms with E-state index >= 15 is 0 Å². The highest BCUT2D eigenvalue weighted by atomic mass is 15.0. The van der Waals surface area contributed by atoms with E-state index in [1.54, 1.807) is 0 Å². The van der Waals surface area contributed by atoms with Crippen LogP contribution in [0.1, 0.15) is 5.56 Å². The van der Waals surface area contributed by atoms with E-state index in [0.29, 0.717) is 11.4 Å². The minimum absolute atomic E-state index is 0.639. The first-order valence-electron chi connectivity index (χ1n) is 28.0. The zero-order valence-corrected chi connectivity index (χ0v) is 44.9. The second-order valence-electron chi connectivity index (χ2n) is 21.2. The summed E-state index contributed by atoms with van der Waals surface area (Å²) in [5.41, 5.74) is 21.1. The highest BCUT2D eigenvalue weighted by Gasteiger charge is 2.25. The summed E-state index contributed by atoms with van der Waals surface area (Å²) >= 11 is 0. The van der Waals surface area contributed by atoms with Gasteiger partial charge in [-0.15, -0.1) is 0 Å². The van der Waals surface area contributed by atoms with E-state index < -0.39 is 0 Å². The van der Waals surface area contributed by atoms with Gasteiger partial charge in [-0.2, -0.15) is 5.26 Å². The fraction of sp³-hybridized carbons (Fsp3) is 0. The Morgan fingerprint density at radius 3 is 1.14 bits per heavy atom. The molecule has 6 heteroatoms. The molecule has 0 aliphatic heterocycles. The van der Waals surface area contributed by atoms with Crippen molar-refractivity contribution < 1.29 is 0 Å². The first kappa shape index (κ1) is 47.6. The topological polar surface area (TPSA) is 64.4 Å². The molecule has 0 atom stereocenters. The Hall–Kier alpha value is -11.4. The molecule has 0 unspecified atom stereocenters. The Labute approximate surface area is 478 Å². The molecule has 83 heavy (non-hydrogen) atoms. The molecule has 12 aromatic carbocycles. The minimum atomic E-state index is 0.639. The molecule has 0 amide bonds. The van der Waals surface area contributed by atoms with E-state index in [1.807, 2.05) is 48.5 Å². The normalized spacial score (nSPS) is 11.6. The second kappa shape index (κ2) is 19.5. The van der Waals surface area contributed by atoms with E-state index in [2.05, 4.69) is 262 Å². The number of fused-ring (bicyclic) bond motifs is 9. The third-order valence-electron chi connectivity index (χ3n) is 16.5. The third kappa shape index (κ3) is 7.86. The molecule has 386 valence electrons. The molecule has 0 bridgehead atoms. The van der Waals surface area contributed by atoms with Crippen molar-refractivity contribution in [3.63, 3.8) is 0 Å². The van der Waals surface area contributed by atoms with Crippen molar-refractivity contribution >= 4 is 65.4 Å². The summed E-state index contributed by atoms with van der Waals surface area (Å²) in [6.45, 7) is 0. The monoisotopic (exact) mass is 1060 g/mol. The summed E-state index contributed by atoms with van der Waals surface area (Å²) < 4.78 is 7.22. The number of nitriles is 1. The van der Waals surface area contributed by atoms with Crippen LogP contribution in [0, 0.1) is 11.3 Å². The van der Waals surface area contributed by atoms with Crippen LogP contribution in [-0.4, -0.2) is 23.7 Å². The first-order valence-corrected chi connectivity index (χ1v) is 28.0. The smallest absolute Gasteiger partial charge is 0.160 e. The number of hydrogen-bond acceptors (Lipinski definition) is 3. The van der Waals surface area contributed by atoms with Crippen LogP contribution in [0.15, 0.2) is 291 Å². The predicted molar refractivity (Wildman–Crippen MR) is 342 cm³/mol. The van der Waals surface area contributed by atoms with E-state index in [1.165, 1.54) is 21.5 Å². The molecule has 0 N–H and O–H groups in total. The number of aromatic nitrogens is 5. The molecule has 0 saturated carbocycles. The van der Waals surface area contributed by atoms with E-state index in [4.69, 9.17) is 9.97 Å². The lowest BCUT2D eigenvalue weighted by atomic mass is 9.91. The summed E-state index contributed by atoms with van der Waals surface area (Å²) in [7, 11) is 0. The van der Waals surface area contributed by atoms with Gasteiger partial charge in [0, 0.05) is 71.5 Å². The van der Waals surface area contributed by atoms with Gasteiger partial charge in [0.2, 0.25) is 0 Å². The zero-order valence-electron chi connectivity index (χ0n) is 44.9. The number of benzene rings is 12. The molecular formula is C77H48N6. The average Bonchev–Trinajstić information content (AvgIpc) is 2.58. The van der Waals surface area contributed by atoms with Crippen LogP contribution in [0.5, 0.6) is 0 Å². The quantitative estimate of drug-likeness (QED) is 0.145. The Balaban J connectivity index is 0.996. The van der Waals surface area contributed by atoms with Gasteiger partial charge in [-0.1, -0.05) is 200 Å². The molecule has 16 aromatic rings. The summed E-state index contributed by atoms with van der Waals surface area (Å²) in [6.07, 6.45) is 0. The summed E-state index contributed by atoms with van der Waals surface area (Å²) in [4.78, 5) is 10.7. The van der Waals surface area contributed by atoms with Crippen molar-refractivity contribution in [3.05, 3.63) is 297 Å². The Morgan fingerprint density at radius 2 is 0.651 bits per heavy atom. The lowest BCUT2D eigenvalue weighted by Crippen LogP contribution is -2.03. The summed E-state index contributed by atoms with van der Waals surface area (Å²) in [5.74, 6) is 0.649. The molecule has 0 fully saturated rings. The third-order valence-corrected chi connectivity index (χ3v) is 16.5. The van der Waals surface area contributed by atoms with Gasteiger partial charge in [-0.25, -0.2) is 9.97 Å². The zero-order chi connectivity index (χ0) is 55.0. The summed E-state index contributed by atoms with van der Waals surface area (Å²) in [5, 5.41) is 17.4. The van der Waals surface area contributed by atoms with Gasteiger partial charge in [0.1, 0.15) is 0 Å². The van der Waals surface area contributed by atoms with Crippen molar-refractivity contribution in [1.29, 1.82) is 5.26 Å². The SMILES string of the molecule is N#Cc1ccccc1-c1ccc2c(c1)c1ccccc1n2-c1c(-c2ccc(-n3c4ccccc4c4ccccc43)cc2)cc(-c2cc(-c3ccccc3)nc(-c3ccccc3)n2)cc1-c1ccc(-n2c3ccccc3c3ccccc32)cc1. The Bertz CT molecular complexity index is 4910. The Kier molecular flexibility index (Phi) is 11.2. The van der Waals surface area contributed by atoms with Crippen LogP contribution in [-0.2, 0) is 0 Å². The fourth-order valence-corrected chi connectivity index (χ4v) is 12.7. The molecule has 6 nitrogen and oxygen atoms in total. The highest BCUT2D eigenvalue weighted by molar-refractivity contribution is 6.13. The van der Waals surface area contributed by atoms with Crippen molar-refractivity contribution in [3.8, 4) is 90.4 Å². The summed E-state index contributed by atoms with van der Waals surface area (Å²) in [6, 6.07) is 106. The van der Waals surface area contributed by atoms with Gasteiger partial charge in [0.05, 0.1) is 61.8 Å². The van der Waals surface area contributed by atoms with Crippen molar-refractivity contribution in [1.82, 2.24) is 23.7 Å². The second-order valence-corrected chi connectivity index (χ2v) is 21.2. The van der Waals surface area contributed by atoms with Gasteiger partial charge in [0.15, 0.2) is 5.82 Å². The largest absolute Gasteiger partial charge is 0.309 e. The molecule has 4 aromatic heterocycles. The van der Waals surface area contributed by atoms with Gasteiger partial charge < -0.3 is 13.7 Å². The number of rotatable bonds is 9. The van der Waals surface area contributed by atoms with Crippen LogP contribution < -0.4 is 0 Å². The van der Waals surface area contributed by atoms with Crippen molar-refractivity contribution in [2.24, 2.45) is 0 Å². The van der Waals surface area contributed by atoms with E-state index in [0.717, 1.165) is 122 Å². The van der Waals surface area contributed by atoms with Gasteiger partial charge in [-0.05, 0) is 113 Å². The van der Waals surface area contributed by atoms with Crippen molar-refractivity contribution in [2.75, 3.05) is 0 Å². The van der Waals surface area contributed by atoms with Crippen molar-refractivity contribution in [2.45, 2.75) is 0 Å². The van der Waals surface area contributed by atoms with Crippen LogP contribution in [0.3, 0.4) is 0 Å². The minimum Gasteiger partial charge on any atom is -0.309 e. The number of nitrogens with zero attached hydrogens (tertiary/aromatic N) is 6. The van der Waals surface area contributed by atoms with Gasteiger partial charge >= 0.3 is 0 Å². The molecule has 4 heterocycles. The van der Waals surface area contributed by atoms with Gasteiger partial charge in [-0.3, -0.25) is 0 Å². The highest BCUT2D eigenvalue weighted by Crippen LogP contribution is 2.46.